The minimum Gasteiger partial charge on any atom is -0.309 e. The molecule has 4 aromatic carbocycles. The first kappa shape index (κ1) is 26.5. The van der Waals surface area contributed by atoms with Gasteiger partial charge in [0.2, 0.25) is 0 Å². The molecule has 4 heteroatoms. The Bertz CT molecular complexity index is 2380. The predicted molar refractivity (Wildman–Crippen MR) is 188 cm³/mol. The Morgan fingerprint density at radius 3 is 2.15 bits per heavy atom. The molecule has 8 aromatic rings. The van der Waals surface area contributed by atoms with E-state index in [1.54, 1.807) is 0 Å². The number of fused-ring (bicyclic) bond motifs is 6. The SMILES string of the molecule is CC1(C)c2ccccc2-c2cccc(-c3cc(-c4ccc(-n5c6ccccc6c6cnccc65)cc4)nc(-c4ccccn4)c3)c21. The molecule has 1 aliphatic rings. The zero-order valence-electron chi connectivity index (χ0n) is 25.6. The van der Waals surface area contributed by atoms with Gasteiger partial charge in [-0.05, 0) is 81.9 Å². The predicted octanol–water partition coefficient (Wildman–Crippen LogP) is 10.3. The summed E-state index contributed by atoms with van der Waals surface area (Å²) < 4.78 is 2.31. The molecule has 4 nitrogen and oxygen atoms in total. The van der Waals surface area contributed by atoms with Crippen molar-refractivity contribution in [3.05, 3.63) is 157 Å². The lowest BCUT2D eigenvalue weighted by Gasteiger charge is -2.25. The Labute approximate surface area is 267 Å². The van der Waals surface area contributed by atoms with E-state index in [1.807, 2.05) is 36.8 Å². The summed E-state index contributed by atoms with van der Waals surface area (Å²) in [5.74, 6) is 0. The Kier molecular flexibility index (Phi) is 5.81. The number of aromatic nitrogens is 4. The lowest BCUT2D eigenvalue weighted by atomic mass is 9.78. The summed E-state index contributed by atoms with van der Waals surface area (Å²) in [6, 6.07) is 45.3. The third-order valence-corrected chi connectivity index (χ3v) is 9.54. The fourth-order valence-electron chi connectivity index (χ4n) is 7.44. The lowest BCUT2D eigenvalue weighted by Crippen LogP contribution is -2.16. The van der Waals surface area contributed by atoms with Crippen molar-refractivity contribution in [3.63, 3.8) is 0 Å². The summed E-state index contributed by atoms with van der Waals surface area (Å²) in [7, 11) is 0. The van der Waals surface area contributed by atoms with Crippen molar-refractivity contribution in [1.82, 2.24) is 19.5 Å². The van der Waals surface area contributed by atoms with Crippen molar-refractivity contribution in [1.29, 1.82) is 0 Å². The third-order valence-electron chi connectivity index (χ3n) is 9.54. The van der Waals surface area contributed by atoms with Crippen molar-refractivity contribution < 1.29 is 0 Å². The van der Waals surface area contributed by atoms with Crippen molar-refractivity contribution >= 4 is 21.8 Å². The monoisotopic (exact) mass is 590 g/mol. The third kappa shape index (κ3) is 3.97. The molecule has 0 amide bonds. The van der Waals surface area contributed by atoms with Crippen molar-refractivity contribution in [2.24, 2.45) is 0 Å². The van der Waals surface area contributed by atoms with Crippen molar-refractivity contribution in [3.8, 4) is 50.6 Å². The molecule has 218 valence electrons. The smallest absolute Gasteiger partial charge is 0.0899 e. The van der Waals surface area contributed by atoms with E-state index < -0.39 is 0 Å². The van der Waals surface area contributed by atoms with Gasteiger partial charge in [-0.1, -0.05) is 92.7 Å². The molecule has 0 saturated carbocycles. The van der Waals surface area contributed by atoms with Gasteiger partial charge in [0, 0.05) is 46.0 Å². The van der Waals surface area contributed by atoms with E-state index >= 15 is 0 Å². The number of nitrogens with zero attached hydrogens (tertiary/aromatic N) is 4. The van der Waals surface area contributed by atoms with Crippen LogP contribution < -0.4 is 0 Å². The van der Waals surface area contributed by atoms with Gasteiger partial charge in [0.15, 0.2) is 0 Å². The van der Waals surface area contributed by atoms with Gasteiger partial charge in [-0.25, -0.2) is 4.98 Å². The molecular weight excluding hydrogens is 560 g/mol. The Morgan fingerprint density at radius 2 is 1.28 bits per heavy atom. The number of hydrogen-bond acceptors (Lipinski definition) is 3. The molecule has 0 N–H and O–H groups in total. The van der Waals surface area contributed by atoms with Gasteiger partial charge in [0.1, 0.15) is 0 Å². The quantitative estimate of drug-likeness (QED) is 0.205. The van der Waals surface area contributed by atoms with E-state index in [0.29, 0.717) is 0 Å². The normalized spacial score (nSPS) is 13.2. The zero-order chi connectivity index (χ0) is 30.8. The number of benzene rings is 4. The van der Waals surface area contributed by atoms with E-state index in [0.717, 1.165) is 50.3 Å². The molecule has 0 saturated heterocycles. The van der Waals surface area contributed by atoms with Crippen LogP contribution in [0.5, 0.6) is 0 Å². The van der Waals surface area contributed by atoms with E-state index in [4.69, 9.17) is 4.98 Å². The van der Waals surface area contributed by atoms with Gasteiger partial charge in [-0.2, -0.15) is 0 Å². The van der Waals surface area contributed by atoms with Crippen LogP contribution in [-0.4, -0.2) is 19.5 Å². The highest BCUT2D eigenvalue weighted by molar-refractivity contribution is 6.08. The Morgan fingerprint density at radius 1 is 0.543 bits per heavy atom. The van der Waals surface area contributed by atoms with Crippen LogP contribution in [0.4, 0.5) is 0 Å². The molecule has 0 spiro atoms. The maximum absolute atomic E-state index is 5.18. The minimum atomic E-state index is -0.128. The van der Waals surface area contributed by atoms with Crippen LogP contribution in [0, 0.1) is 0 Å². The van der Waals surface area contributed by atoms with Crippen LogP contribution in [0.2, 0.25) is 0 Å². The van der Waals surface area contributed by atoms with Gasteiger partial charge < -0.3 is 4.57 Å². The molecule has 4 aromatic heterocycles. The first-order chi connectivity index (χ1) is 22.6. The Balaban J connectivity index is 1.21. The first-order valence-electron chi connectivity index (χ1n) is 15.7. The summed E-state index contributed by atoms with van der Waals surface area (Å²) >= 11 is 0. The Hall–Kier alpha value is -5.87. The van der Waals surface area contributed by atoms with E-state index in [1.165, 1.54) is 33.2 Å². The average Bonchev–Trinajstić information content (AvgIpc) is 3.57. The summed E-state index contributed by atoms with van der Waals surface area (Å²) in [5, 5.41) is 2.35. The molecule has 46 heavy (non-hydrogen) atoms. The minimum absolute atomic E-state index is 0.128. The fourth-order valence-corrected chi connectivity index (χ4v) is 7.44. The highest BCUT2D eigenvalue weighted by atomic mass is 15.0. The van der Waals surface area contributed by atoms with Gasteiger partial charge >= 0.3 is 0 Å². The number of para-hydroxylation sites is 1. The zero-order valence-corrected chi connectivity index (χ0v) is 25.6. The number of hydrogen-bond donors (Lipinski definition) is 0. The summed E-state index contributed by atoms with van der Waals surface area (Å²) in [5.41, 5.74) is 14.7. The number of pyridine rings is 3. The maximum atomic E-state index is 5.18. The van der Waals surface area contributed by atoms with Crippen LogP contribution in [0.1, 0.15) is 25.0 Å². The van der Waals surface area contributed by atoms with Crippen LogP contribution in [0.25, 0.3) is 72.4 Å². The fraction of sp³-hybridized carbons (Fsp3) is 0.0714. The summed E-state index contributed by atoms with van der Waals surface area (Å²) in [6.07, 6.45) is 5.65. The molecule has 1 aliphatic carbocycles. The highest BCUT2D eigenvalue weighted by Gasteiger charge is 2.37. The molecule has 0 bridgehead atoms. The van der Waals surface area contributed by atoms with Crippen LogP contribution in [-0.2, 0) is 5.41 Å². The van der Waals surface area contributed by atoms with Crippen molar-refractivity contribution in [2.45, 2.75) is 19.3 Å². The highest BCUT2D eigenvalue weighted by Crippen LogP contribution is 2.52. The summed E-state index contributed by atoms with van der Waals surface area (Å²) in [6.45, 7) is 4.68. The molecule has 4 heterocycles. The maximum Gasteiger partial charge on any atom is 0.0899 e. The lowest BCUT2D eigenvalue weighted by molar-refractivity contribution is 0.662. The van der Waals surface area contributed by atoms with Gasteiger partial charge in [-0.15, -0.1) is 0 Å². The standard InChI is InChI=1S/C42H30N4/c1-42(2)35-14-5-3-10-31(35)33-13-9-12-30(41(33)42)28-24-37(45-38(25-28)36-15-7-8-22-44-36)27-17-19-29(20-18-27)46-39-16-6-4-11-32(39)34-26-43-23-21-40(34)46/h3-26H,1-2H3. The summed E-state index contributed by atoms with van der Waals surface area (Å²) in [4.78, 5) is 14.3. The second-order valence-corrected chi connectivity index (χ2v) is 12.5. The second-order valence-electron chi connectivity index (χ2n) is 12.5. The van der Waals surface area contributed by atoms with Gasteiger partial charge in [0.25, 0.3) is 0 Å². The van der Waals surface area contributed by atoms with E-state index in [2.05, 4.69) is 138 Å². The molecule has 0 atom stereocenters. The van der Waals surface area contributed by atoms with Crippen LogP contribution in [0.15, 0.2) is 146 Å². The van der Waals surface area contributed by atoms with Crippen LogP contribution >= 0.6 is 0 Å². The van der Waals surface area contributed by atoms with Gasteiger partial charge in [-0.3, -0.25) is 9.97 Å². The topological polar surface area (TPSA) is 43.6 Å². The average molecular weight is 591 g/mol. The molecule has 0 unspecified atom stereocenters. The molecule has 0 radical (unpaired) electrons. The number of rotatable bonds is 4. The molecule has 9 rings (SSSR count). The largest absolute Gasteiger partial charge is 0.309 e. The van der Waals surface area contributed by atoms with Gasteiger partial charge in [0.05, 0.1) is 28.1 Å². The first-order valence-corrected chi connectivity index (χ1v) is 15.7. The van der Waals surface area contributed by atoms with E-state index in [-0.39, 0.29) is 5.41 Å². The van der Waals surface area contributed by atoms with Crippen molar-refractivity contribution in [2.75, 3.05) is 0 Å². The second kappa shape index (κ2) is 10.1. The molecule has 0 fully saturated rings. The van der Waals surface area contributed by atoms with E-state index in [9.17, 15) is 0 Å². The van der Waals surface area contributed by atoms with Crippen LogP contribution in [0.3, 0.4) is 0 Å². The molecular formula is C42H30N4. The molecule has 0 aliphatic heterocycles.